The molecule has 4 N–H and O–H groups in total. The molecular formula is C23H27N5O3. The third kappa shape index (κ3) is 7.91. The summed E-state index contributed by atoms with van der Waals surface area (Å²) in [6, 6.07) is 11.4. The van der Waals surface area contributed by atoms with Crippen LogP contribution in [0.15, 0.2) is 59.9 Å². The number of unbranched alkanes of at least 4 members (excludes halogenated alkanes) is 1. The third-order valence-electron chi connectivity index (χ3n) is 4.33. The van der Waals surface area contributed by atoms with Crippen molar-refractivity contribution in [2.24, 2.45) is 4.99 Å². The molecule has 1 aromatic heterocycles. The number of aliphatic carboxylic acids is 1. The van der Waals surface area contributed by atoms with Crippen LogP contribution in [-0.2, 0) is 4.79 Å². The van der Waals surface area contributed by atoms with Gasteiger partial charge in [0.05, 0.1) is 12.1 Å². The fourth-order valence-corrected chi connectivity index (χ4v) is 2.80. The maximum atomic E-state index is 10.8. The van der Waals surface area contributed by atoms with Crippen molar-refractivity contribution in [2.75, 3.05) is 11.9 Å². The number of allylic oxidation sites excluding steroid dienone is 1. The lowest BCUT2D eigenvalue weighted by Gasteiger charge is -2.19. The molecule has 0 bridgehead atoms. The average Bonchev–Trinajstić information content (AvgIpc) is 2.74. The van der Waals surface area contributed by atoms with E-state index in [1.54, 1.807) is 26.2 Å². The number of aliphatic imine (C=N–C) groups is 1. The van der Waals surface area contributed by atoms with Crippen LogP contribution in [-0.4, -0.2) is 39.3 Å². The summed E-state index contributed by atoms with van der Waals surface area (Å²) in [7, 11) is 0. The van der Waals surface area contributed by atoms with Crippen molar-refractivity contribution >= 4 is 23.2 Å². The number of aliphatic hydroxyl groups excluding tert-OH is 1. The molecule has 0 atom stereocenters. The van der Waals surface area contributed by atoms with Gasteiger partial charge >= 0.3 is 5.97 Å². The van der Waals surface area contributed by atoms with Gasteiger partial charge in [-0.3, -0.25) is 15.1 Å². The number of anilines is 1. The normalized spacial score (nSPS) is 12.2. The van der Waals surface area contributed by atoms with E-state index in [-0.39, 0.29) is 19.0 Å². The Balaban J connectivity index is 2.34. The van der Waals surface area contributed by atoms with Crippen molar-refractivity contribution in [3.05, 3.63) is 66.0 Å². The maximum absolute atomic E-state index is 10.8. The van der Waals surface area contributed by atoms with Gasteiger partial charge in [-0.25, -0.2) is 4.99 Å². The molecule has 0 aliphatic carbocycles. The first-order valence-electron chi connectivity index (χ1n) is 9.90. The Morgan fingerprint density at radius 2 is 2.06 bits per heavy atom. The van der Waals surface area contributed by atoms with Crippen LogP contribution in [0, 0.1) is 11.5 Å². The Bertz CT molecular complexity index is 978. The molecule has 1 heterocycles. The van der Waals surface area contributed by atoms with E-state index in [4.69, 9.17) is 10.4 Å². The molecule has 0 aliphatic rings. The van der Waals surface area contributed by atoms with E-state index in [1.807, 2.05) is 48.7 Å². The van der Waals surface area contributed by atoms with Gasteiger partial charge in [0.1, 0.15) is 0 Å². The predicted molar refractivity (Wildman–Crippen MR) is 120 cm³/mol. The van der Waals surface area contributed by atoms with Gasteiger partial charge in [-0.15, -0.1) is 0 Å². The van der Waals surface area contributed by atoms with Crippen molar-refractivity contribution in [3.8, 4) is 6.19 Å². The number of benzene rings is 1. The lowest BCUT2D eigenvalue weighted by molar-refractivity contribution is -0.137. The molecule has 0 unspecified atom stereocenters. The summed E-state index contributed by atoms with van der Waals surface area (Å²) in [5, 5.41) is 33.0. The largest absolute Gasteiger partial charge is 0.481 e. The number of guanidine groups is 1. The molecule has 0 amide bonds. The number of hydrogen-bond donors (Lipinski definition) is 4. The highest BCUT2D eigenvalue weighted by Gasteiger charge is 2.16. The Morgan fingerprint density at radius 1 is 1.29 bits per heavy atom. The number of aromatic nitrogens is 1. The fraction of sp³-hybridized carbons (Fsp3) is 0.304. The van der Waals surface area contributed by atoms with Crippen LogP contribution in [0.2, 0.25) is 0 Å². The lowest BCUT2D eigenvalue weighted by Crippen LogP contribution is -2.33. The quantitative estimate of drug-likeness (QED) is 0.160. The first kappa shape index (κ1) is 23.6. The smallest absolute Gasteiger partial charge is 0.303 e. The van der Waals surface area contributed by atoms with Crippen LogP contribution in [0.4, 0.5) is 5.69 Å². The number of carboxylic acid groups (broad SMARTS) is 1. The SMILES string of the molecule is CC(C)(CO)N=C(NC#N)Nc1cccc(/C(=C\CCCC(=O)O)c2cccnc2)c1. The Labute approximate surface area is 182 Å². The number of carbonyl (C=O) groups is 1. The van der Waals surface area contributed by atoms with Crippen LogP contribution in [0.25, 0.3) is 5.57 Å². The van der Waals surface area contributed by atoms with Crippen molar-refractivity contribution in [2.45, 2.75) is 38.6 Å². The van der Waals surface area contributed by atoms with Gasteiger partial charge in [-0.1, -0.05) is 24.3 Å². The average molecular weight is 422 g/mol. The van der Waals surface area contributed by atoms with E-state index in [0.717, 1.165) is 16.7 Å². The van der Waals surface area contributed by atoms with Crippen LogP contribution in [0.1, 0.15) is 44.2 Å². The molecular weight excluding hydrogens is 394 g/mol. The monoisotopic (exact) mass is 421 g/mol. The van der Waals surface area contributed by atoms with Gasteiger partial charge in [0.25, 0.3) is 0 Å². The van der Waals surface area contributed by atoms with Gasteiger partial charge in [0.15, 0.2) is 6.19 Å². The number of carboxylic acids is 1. The first-order chi connectivity index (χ1) is 14.8. The topological polar surface area (TPSA) is 131 Å². The zero-order valence-electron chi connectivity index (χ0n) is 17.7. The molecule has 2 rings (SSSR count). The summed E-state index contributed by atoms with van der Waals surface area (Å²) >= 11 is 0. The van der Waals surface area contributed by atoms with Crippen molar-refractivity contribution in [1.82, 2.24) is 10.3 Å². The van der Waals surface area contributed by atoms with E-state index in [9.17, 15) is 9.90 Å². The summed E-state index contributed by atoms with van der Waals surface area (Å²) in [5.74, 6) is -0.586. The highest BCUT2D eigenvalue weighted by atomic mass is 16.4. The molecule has 0 fully saturated rings. The van der Waals surface area contributed by atoms with Crippen LogP contribution < -0.4 is 10.6 Å². The molecule has 31 heavy (non-hydrogen) atoms. The molecule has 0 saturated carbocycles. The van der Waals surface area contributed by atoms with E-state index in [2.05, 4.69) is 20.6 Å². The zero-order valence-corrected chi connectivity index (χ0v) is 17.7. The minimum absolute atomic E-state index is 0.110. The second-order valence-electron chi connectivity index (χ2n) is 7.52. The number of pyridine rings is 1. The van der Waals surface area contributed by atoms with Crippen molar-refractivity contribution in [1.29, 1.82) is 5.26 Å². The molecule has 0 aliphatic heterocycles. The molecule has 0 saturated heterocycles. The zero-order chi connectivity index (χ0) is 22.7. The van der Waals surface area contributed by atoms with E-state index < -0.39 is 11.5 Å². The number of hydrogen-bond acceptors (Lipinski definition) is 5. The molecule has 8 nitrogen and oxygen atoms in total. The molecule has 1 aromatic carbocycles. The number of rotatable bonds is 9. The molecule has 162 valence electrons. The van der Waals surface area contributed by atoms with E-state index in [0.29, 0.717) is 18.5 Å². The molecule has 2 aromatic rings. The highest BCUT2D eigenvalue weighted by molar-refractivity contribution is 5.95. The first-order valence-corrected chi connectivity index (χ1v) is 9.90. The van der Waals surface area contributed by atoms with Gasteiger partial charge in [0, 0.05) is 30.1 Å². The van der Waals surface area contributed by atoms with Gasteiger partial charge in [-0.05, 0) is 56.0 Å². The Morgan fingerprint density at radius 3 is 2.71 bits per heavy atom. The Kier molecular flexibility index (Phi) is 8.73. The third-order valence-corrected chi connectivity index (χ3v) is 4.33. The summed E-state index contributed by atoms with van der Waals surface area (Å²) in [6.07, 6.45) is 8.58. The highest BCUT2D eigenvalue weighted by Crippen LogP contribution is 2.26. The summed E-state index contributed by atoms with van der Waals surface area (Å²) in [6.45, 7) is 3.34. The summed E-state index contributed by atoms with van der Waals surface area (Å²) < 4.78 is 0. The van der Waals surface area contributed by atoms with E-state index >= 15 is 0 Å². The maximum Gasteiger partial charge on any atom is 0.303 e. The number of nitriles is 1. The number of nitrogens with one attached hydrogen (secondary N) is 2. The van der Waals surface area contributed by atoms with Gasteiger partial charge in [0.2, 0.25) is 5.96 Å². The number of nitrogens with zero attached hydrogens (tertiary/aromatic N) is 3. The van der Waals surface area contributed by atoms with Crippen molar-refractivity contribution in [3.63, 3.8) is 0 Å². The molecule has 0 spiro atoms. The van der Waals surface area contributed by atoms with Gasteiger partial charge < -0.3 is 15.5 Å². The van der Waals surface area contributed by atoms with Gasteiger partial charge in [-0.2, -0.15) is 5.26 Å². The van der Waals surface area contributed by atoms with E-state index in [1.165, 1.54) is 0 Å². The molecule has 8 heteroatoms. The summed E-state index contributed by atoms with van der Waals surface area (Å²) in [4.78, 5) is 19.4. The minimum atomic E-state index is -0.815. The van der Waals surface area contributed by atoms with Crippen LogP contribution in [0.5, 0.6) is 0 Å². The standard InChI is InChI=1S/C23H27N5O3/c1-23(2,15-29)28-22(26-16-24)27-19-9-5-7-17(13-19)20(10-3-4-11-21(30)31)18-8-6-12-25-14-18/h5-10,12-14,29H,3-4,11,15H2,1-2H3,(H,30,31)(H2,26,27,28)/b20-10+. The predicted octanol–water partition coefficient (Wildman–Crippen LogP) is 3.38. The minimum Gasteiger partial charge on any atom is -0.481 e. The second kappa shape index (κ2) is 11.5. The van der Waals surface area contributed by atoms with Crippen molar-refractivity contribution < 1.29 is 15.0 Å². The Hall–Kier alpha value is -3.70. The van der Waals surface area contributed by atoms with Crippen LogP contribution in [0.3, 0.4) is 0 Å². The molecule has 0 radical (unpaired) electrons. The number of aliphatic hydroxyl groups is 1. The summed E-state index contributed by atoms with van der Waals surface area (Å²) in [5.41, 5.74) is 2.71. The van der Waals surface area contributed by atoms with Crippen LogP contribution >= 0.6 is 0 Å². The fourth-order valence-electron chi connectivity index (χ4n) is 2.80. The second-order valence-corrected chi connectivity index (χ2v) is 7.52. The lowest BCUT2D eigenvalue weighted by atomic mass is 9.97.